The van der Waals surface area contributed by atoms with Gasteiger partial charge in [-0.25, -0.2) is 4.98 Å². The molecule has 0 saturated carbocycles. The molecule has 0 unspecified atom stereocenters. The minimum atomic E-state index is 0.227. The van der Waals surface area contributed by atoms with Gasteiger partial charge in [-0.05, 0) is 19.3 Å². The molecular formula is C11H14N6OS. The van der Waals surface area contributed by atoms with Crippen LogP contribution in [-0.2, 0) is 0 Å². The lowest BCUT2D eigenvalue weighted by atomic mass is 10.1. The van der Waals surface area contributed by atoms with Crippen molar-refractivity contribution in [1.82, 2.24) is 19.9 Å². The molecule has 7 nitrogen and oxygen atoms in total. The van der Waals surface area contributed by atoms with Crippen molar-refractivity contribution in [3.63, 3.8) is 0 Å². The predicted octanol–water partition coefficient (Wildman–Crippen LogP) is 1.58. The van der Waals surface area contributed by atoms with Crippen molar-refractivity contribution in [3.8, 4) is 0 Å². The molecule has 3 rings (SSSR count). The maximum absolute atomic E-state index is 5.74. The van der Waals surface area contributed by atoms with Crippen molar-refractivity contribution in [1.29, 1.82) is 0 Å². The van der Waals surface area contributed by atoms with Crippen LogP contribution in [0, 0.1) is 0 Å². The van der Waals surface area contributed by atoms with Gasteiger partial charge in [0.1, 0.15) is 6.26 Å². The van der Waals surface area contributed by atoms with Crippen molar-refractivity contribution in [2.75, 3.05) is 23.7 Å². The Balaban J connectivity index is 1.82. The summed E-state index contributed by atoms with van der Waals surface area (Å²) in [7, 11) is 0. The van der Waals surface area contributed by atoms with Gasteiger partial charge in [-0.15, -0.1) is 0 Å². The zero-order valence-electron chi connectivity index (χ0n) is 10.3. The number of aromatic nitrogens is 4. The molecule has 19 heavy (non-hydrogen) atoms. The molecule has 100 valence electrons. The first-order valence-electron chi connectivity index (χ1n) is 6.15. The minimum Gasteiger partial charge on any atom is -0.440 e. The van der Waals surface area contributed by atoms with Crippen molar-refractivity contribution in [3.05, 3.63) is 12.5 Å². The highest BCUT2D eigenvalue weighted by Crippen LogP contribution is 2.25. The van der Waals surface area contributed by atoms with Gasteiger partial charge in [0, 0.05) is 24.9 Å². The maximum Gasteiger partial charge on any atom is 0.263 e. The second kappa shape index (κ2) is 5.43. The van der Waals surface area contributed by atoms with E-state index in [2.05, 4.69) is 24.8 Å². The molecule has 2 aromatic heterocycles. The molecule has 2 aromatic rings. The van der Waals surface area contributed by atoms with Gasteiger partial charge in [0.05, 0.1) is 6.20 Å². The van der Waals surface area contributed by atoms with Crippen LogP contribution < -0.4 is 10.6 Å². The Morgan fingerprint density at radius 2 is 2.00 bits per heavy atom. The largest absolute Gasteiger partial charge is 0.440 e. The van der Waals surface area contributed by atoms with E-state index in [-0.39, 0.29) is 5.95 Å². The fourth-order valence-electron chi connectivity index (χ4n) is 1.98. The number of nitrogen functional groups attached to an aromatic ring is 1. The van der Waals surface area contributed by atoms with Crippen LogP contribution >= 0.6 is 11.8 Å². The van der Waals surface area contributed by atoms with Crippen LogP contribution in [0.25, 0.3) is 0 Å². The summed E-state index contributed by atoms with van der Waals surface area (Å²) in [6.07, 6.45) is 6.67. The smallest absolute Gasteiger partial charge is 0.263 e. The maximum atomic E-state index is 5.74. The lowest BCUT2D eigenvalue weighted by Crippen LogP contribution is -2.31. The van der Waals surface area contributed by atoms with Gasteiger partial charge in [-0.2, -0.15) is 15.0 Å². The summed E-state index contributed by atoms with van der Waals surface area (Å²) in [4.78, 5) is 18.9. The summed E-state index contributed by atoms with van der Waals surface area (Å²) < 4.78 is 5.16. The first-order valence-corrected chi connectivity index (χ1v) is 6.97. The molecule has 8 heteroatoms. The fraction of sp³-hybridized carbons (Fsp3) is 0.455. The number of nitrogens with zero attached hydrogens (tertiary/aromatic N) is 5. The predicted molar refractivity (Wildman–Crippen MR) is 70.9 cm³/mol. The number of rotatable bonds is 3. The van der Waals surface area contributed by atoms with Gasteiger partial charge in [0.2, 0.25) is 17.1 Å². The highest BCUT2D eigenvalue weighted by molar-refractivity contribution is 7.98. The van der Waals surface area contributed by atoms with Crippen LogP contribution in [0.1, 0.15) is 19.3 Å². The van der Waals surface area contributed by atoms with Gasteiger partial charge >= 0.3 is 0 Å². The molecule has 1 aliphatic rings. The van der Waals surface area contributed by atoms with Crippen LogP contribution in [0.15, 0.2) is 27.3 Å². The van der Waals surface area contributed by atoms with Gasteiger partial charge in [0.15, 0.2) is 0 Å². The average Bonchev–Trinajstić information content (AvgIpc) is 2.92. The van der Waals surface area contributed by atoms with E-state index in [9.17, 15) is 0 Å². The Bertz CT molecular complexity index is 540. The molecular weight excluding hydrogens is 264 g/mol. The molecule has 0 atom stereocenters. The van der Waals surface area contributed by atoms with E-state index in [1.807, 2.05) is 0 Å². The van der Waals surface area contributed by atoms with Crippen LogP contribution in [0.4, 0.5) is 11.9 Å². The van der Waals surface area contributed by atoms with E-state index in [1.54, 1.807) is 6.20 Å². The van der Waals surface area contributed by atoms with E-state index in [0.717, 1.165) is 25.9 Å². The summed E-state index contributed by atoms with van der Waals surface area (Å²) in [5, 5.41) is 1.01. The molecule has 1 saturated heterocycles. The number of anilines is 2. The van der Waals surface area contributed by atoms with Crippen molar-refractivity contribution >= 4 is 23.7 Å². The molecule has 0 amide bonds. The van der Waals surface area contributed by atoms with Crippen LogP contribution in [-0.4, -0.2) is 33.0 Å². The molecule has 0 radical (unpaired) electrons. The third-order valence-electron chi connectivity index (χ3n) is 2.85. The zero-order chi connectivity index (χ0) is 13.1. The van der Waals surface area contributed by atoms with Crippen molar-refractivity contribution in [2.45, 2.75) is 29.6 Å². The van der Waals surface area contributed by atoms with E-state index in [0.29, 0.717) is 16.3 Å². The third-order valence-corrected chi connectivity index (χ3v) is 3.59. The Kier molecular flexibility index (Phi) is 3.49. The molecule has 0 spiro atoms. The second-order valence-electron chi connectivity index (χ2n) is 4.22. The van der Waals surface area contributed by atoms with E-state index in [1.165, 1.54) is 24.4 Å². The van der Waals surface area contributed by atoms with Gasteiger partial charge in [-0.3, -0.25) is 0 Å². The monoisotopic (exact) mass is 278 g/mol. The number of nitrogens with two attached hydrogens (primary N) is 1. The minimum absolute atomic E-state index is 0.227. The normalized spacial score (nSPS) is 15.7. The highest BCUT2D eigenvalue weighted by Gasteiger charge is 2.16. The Morgan fingerprint density at radius 1 is 1.16 bits per heavy atom. The summed E-state index contributed by atoms with van der Waals surface area (Å²) in [5.41, 5.74) is 5.74. The Hall–Kier alpha value is -1.83. The summed E-state index contributed by atoms with van der Waals surface area (Å²) in [5.74, 6) is 0.867. The SMILES string of the molecule is Nc1nc(Sc2ncco2)nc(N2CCCCC2)n1. The summed E-state index contributed by atoms with van der Waals surface area (Å²) in [6, 6.07) is 0. The number of piperidine rings is 1. The Labute approximate surface area is 114 Å². The zero-order valence-corrected chi connectivity index (χ0v) is 11.1. The van der Waals surface area contributed by atoms with Crippen LogP contribution in [0.2, 0.25) is 0 Å². The van der Waals surface area contributed by atoms with Gasteiger partial charge < -0.3 is 15.1 Å². The molecule has 0 aliphatic carbocycles. The van der Waals surface area contributed by atoms with E-state index >= 15 is 0 Å². The van der Waals surface area contributed by atoms with Crippen LogP contribution in [0.3, 0.4) is 0 Å². The van der Waals surface area contributed by atoms with Gasteiger partial charge in [0.25, 0.3) is 5.22 Å². The second-order valence-corrected chi connectivity index (χ2v) is 5.14. The van der Waals surface area contributed by atoms with Crippen molar-refractivity contribution in [2.24, 2.45) is 0 Å². The molecule has 0 bridgehead atoms. The summed E-state index contributed by atoms with van der Waals surface area (Å²) >= 11 is 1.24. The molecule has 3 heterocycles. The quantitative estimate of drug-likeness (QED) is 0.904. The molecule has 2 N–H and O–H groups in total. The molecule has 1 fully saturated rings. The van der Waals surface area contributed by atoms with E-state index in [4.69, 9.17) is 10.2 Å². The van der Waals surface area contributed by atoms with Crippen molar-refractivity contribution < 1.29 is 4.42 Å². The molecule has 0 aromatic carbocycles. The molecule has 1 aliphatic heterocycles. The average molecular weight is 278 g/mol. The number of oxazole rings is 1. The van der Waals surface area contributed by atoms with Gasteiger partial charge in [-0.1, -0.05) is 0 Å². The van der Waals surface area contributed by atoms with Crippen LogP contribution in [0.5, 0.6) is 0 Å². The lowest BCUT2D eigenvalue weighted by molar-refractivity contribution is 0.453. The number of hydrogen-bond donors (Lipinski definition) is 1. The first kappa shape index (κ1) is 12.2. The fourth-order valence-corrected chi connectivity index (χ4v) is 2.62. The third kappa shape index (κ3) is 2.95. The topological polar surface area (TPSA) is 94.0 Å². The highest BCUT2D eigenvalue weighted by atomic mass is 32.2. The van der Waals surface area contributed by atoms with E-state index < -0.39 is 0 Å². The first-order chi connectivity index (χ1) is 9.31. The summed E-state index contributed by atoms with van der Waals surface area (Å²) in [6.45, 7) is 1.93. The number of hydrogen-bond acceptors (Lipinski definition) is 8. The standard InChI is InChI=1S/C11H14N6OS/c12-8-14-9(17-5-2-1-3-6-17)16-10(15-8)19-11-13-4-7-18-11/h4,7H,1-3,5-6H2,(H2,12,14,15,16). The Morgan fingerprint density at radius 3 is 2.74 bits per heavy atom. The lowest BCUT2D eigenvalue weighted by Gasteiger charge is -2.26.